The molecule has 2 unspecified atom stereocenters. The van der Waals surface area contributed by atoms with E-state index in [2.05, 4.69) is 10.6 Å². The average molecular weight is 286 g/mol. The van der Waals surface area contributed by atoms with E-state index in [1.54, 1.807) is 0 Å². The standard InChI is InChI=1S/C14H30N4O2/c1-11(19)12(15)7-4-6-10-18-14(20)13(16)8-3-5-9-17-2/h12-13,17H,3-10,15-16H2,1-2H3,(H,18,20). The molecule has 0 aliphatic heterocycles. The van der Waals surface area contributed by atoms with Gasteiger partial charge in [0, 0.05) is 6.54 Å². The number of unbranched alkanes of at least 4 members (excludes halogenated alkanes) is 2. The summed E-state index contributed by atoms with van der Waals surface area (Å²) >= 11 is 0. The van der Waals surface area contributed by atoms with Crippen LogP contribution >= 0.6 is 0 Å². The molecule has 0 aromatic heterocycles. The van der Waals surface area contributed by atoms with E-state index in [9.17, 15) is 9.59 Å². The van der Waals surface area contributed by atoms with E-state index < -0.39 is 6.04 Å². The Hall–Kier alpha value is -0.980. The zero-order chi connectivity index (χ0) is 15.4. The summed E-state index contributed by atoms with van der Waals surface area (Å²) in [5.41, 5.74) is 11.4. The van der Waals surface area contributed by atoms with Crippen LogP contribution in [0, 0.1) is 0 Å². The van der Waals surface area contributed by atoms with Gasteiger partial charge in [0.15, 0.2) is 0 Å². The molecular weight excluding hydrogens is 256 g/mol. The molecule has 0 aromatic carbocycles. The van der Waals surface area contributed by atoms with Crippen molar-refractivity contribution in [1.29, 1.82) is 0 Å². The van der Waals surface area contributed by atoms with E-state index in [1.165, 1.54) is 6.92 Å². The summed E-state index contributed by atoms with van der Waals surface area (Å²) in [5, 5.41) is 5.88. The number of carbonyl (C=O) groups excluding carboxylic acids is 2. The average Bonchev–Trinajstić information content (AvgIpc) is 2.42. The van der Waals surface area contributed by atoms with Crippen LogP contribution in [0.5, 0.6) is 0 Å². The van der Waals surface area contributed by atoms with Gasteiger partial charge in [0.1, 0.15) is 5.78 Å². The fraction of sp³-hybridized carbons (Fsp3) is 0.857. The number of carbonyl (C=O) groups is 2. The summed E-state index contributed by atoms with van der Waals surface area (Å²) in [4.78, 5) is 22.6. The number of hydrogen-bond donors (Lipinski definition) is 4. The van der Waals surface area contributed by atoms with E-state index in [1.807, 2.05) is 7.05 Å². The molecule has 20 heavy (non-hydrogen) atoms. The molecule has 0 bridgehead atoms. The Kier molecular flexibility index (Phi) is 11.2. The van der Waals surface area contributed by atoms with E-state index in [0.29, 0.717) is 19.4 Å². The molecule has 6 heteroatoms. The van der Waals surface area contributed by atoms with Crippen LogP contribution in [0.4, 0.5) is 0 Å². The second kappa shape index (κ2) is 11.8. The Labute approximate surface area is 122 Å². The van der Waals surface area contributed by atoms with Crippen molar-refractivity contribution in [3.05, 3.63) is 0 Å². The van der Waals surface area contributed by atoms with E-state index in [4.69, 9.17) is 11.5 Å². The minimum atomic E-state index is -0.425. The fourth-order valence-corrected chi connectivity index (χ4v) is 1.83. The highest BCUT2D eigenvalue weighted by molar-refractivity contribution is 5.81. The highest BCUT2D eigenvalue weighted by Gasteiger charge is 2.12. The number of hydrogen-bond acceptors (Lipinski definition) is 5. The third-order valence-corrected chi connectivity index (χ3v) is 3.29. The van der Waals surface area contributed by atoms with Gasteiger partial charge in [-0.05, 0) is 52.6 Å². The summed E-state index contributed by atoms with van der Waals surface area (Å²) in [6.07, 6.45) is 5.00. The van der Waals surface area contributed by atoms with Crippen molar-refractivity contribution in [3.8, 4) is 0 Å². The Balaban J connectivity index is 3.54. The van der Waals surface area contributed by atoms with Crippen molar-refractivity contribution in [3.63, 3.8) is 0 Å². The summed E-state index contributed by atoms with van der Waals surface area (Å²) in [7, 11) is 1.91. The van der Waals surface area contributed by atoms with Gasteiger partial charge in [0.25, 0.3) is 0 Å². The maximum atomic E-state index is 11.7. The molecule has 0 saturated carbocycles. The van der Waals surface area contributed by atoms with E-state index >= 15 is 0 Å². The molecule has 0 aromatic rings. The van der Waals surface area contributed by atoms with Crippen molar-refractivity contribution in [2.75, 3.05) is 20.1 Å². The van der Waals surface area contributed by atoms with Crippen LogP contribution in [0.1, 0.15) is 45.4 Å². The molecule has 0 heterocycles. The Morgan fingerprint density at radius 2 is 1.50 bits per heavy atom. The number of rotatable bonds is 12. The second-order valence-electron chi connectivity index (χ2n) is 5.21. The molecule has 0 spiro atoms. The lowest BCUT2D eigenvalue weighted by Crippen LogP contribution is -2.41. The molecule has 0 saturated heterocycles. The van der Waals surface area contributed by atoms with Crippen LogP contribution < -0.4 is 22.1 Å². The molecular formula is C14H30N4O2. The molecule has 0 fully saturated rings. The molecule has 0 radical (unpaired) electrons. The van der Waals surface area contributed by atoms with Gasteiger partial charge >= 0.3 is 0 Å². The zero-order valence-corrected chi connectivity index (χ0v) is 12.8. The van der Waals surface area contributed by atoms with Gasteiger partial charge in [0.05, 0.1) is 12.1 Å². The maximum Gasteiger partial charge on any atom is 0.236 e. The molecule has 118 valence electrons. The number of amides is 1. The lowest BCUT2D eigenvalue weighted by atomic mass is 10.1. The lowest BCUT2D eigenvalue weighted by Gasteiger charge is -2.12. The quantitative estimate of drug-likeness (QED) is 0.375. The topological polar surface area (TPSA) is 110 Å². The highest BCUT2D eigenvalue weighted by atomic mass is 16.2. The number of Topliss-reactive ketones (excluding diaryl/α,β-unsaturated/α-hetero) is 1. The number of nitrogens with two attached hydrogens (primary N) is 2. The first kappa shape index (κ1) is 19.0. The van der Waals surface area contributed by atoms with Crippen molar-refractivity contribution in [2.24, 2.45) is 11.5 Å². The molecule has 0 aliphatic carbocycles. The first-order chi connectivity index (χ1) is 9.49. The Morgan fingerprint density at radius 1 is 0.950 bits per heavy atom. The fourth-order valence-electron chi connectivity index (χ4n) is 1.83. The van der Waals surface area contributed by atoms with Gasteiger partial charge in [-0.2, -0.15) is 0 Å². The zero-order valence-electron chi connectivity index (χ0n) is 12.8. The van der Waals surface area contributed by atoms with Crippen LogP contribution in [-0.2, 0) is 9.59 Å². The summed E-state index contributed by atoms with van der Waals surface area (Å²) in [6, 6.07) is -0.800. The van der Waals surface area contributed by atoms with E-state index in [0.717, 1.165) is 32.2 Å². The molecule has 0 rings (SSSR count). The van der Waals surface area contributed by atoms with Crippen LogP contribution in [0.15, 0.2) is 0 Å². The third-order valence-electron chi connectivity index (χ3n) is 3.29. The summed E-state index contributed by atoms with van der Waals surface area (Å²) < 4.78 is 0. The lowest BCUT2D eigenvalue weighted by molar-refractivity contribution is -0.122. The van der Waals surface area contributed by atoms with Gasteiger partial charge in [-0.3, -0.25) is 9.59 Å². The van der Waals surface area contributed by atoms with Crippen molar-refractivity contribution in [1.82, 2.24) is 10.6 Å². The van der Waals surface area contributed by atoms with Gasteiger partial charge < -0.3 is 22.1 Å². The second-order valence-corrected chi connectivity index (χ2v) is 5.21. The van der Waals surface area contributed by atoms with Crippen LogP contribution in [0.25, 0.3) is 0 Å². The summed E-state index contributed by atoms with van der Waals surface area (Å²) in [5.74, 6) is -0.0806. The minimum absolute atomic E-state index is 0.0117. The predicted octanol–water partition coefficient (Wildman–Crippen LogP) is -0.0938. The maximum absolute atomic E-state index is 11.7. The molecule has 0 aliphatic rings. The van der Waals surface area contributed by atoms with Crippen molar-refractivity contribution in [2.45, 2.75) is 57.5 Å². The van der Waals surface area contributed by atoms with Gasteiger partial charge in [-0.15, -0.1) is 0 Å². The third kappa shape index (κ3) is 9.89. The highest BCUT2D eigenvalue weighted by Crippen LogP contribution is 2.01. The molecule has 6 nitrogen and oxygen atoms in total. The van der Waals surface area contributed by atoms with Crippen LogP contribution in [0.2, 0.25) is 0 Å². The monoisotopic (exact) mass is 286 g/mol. The van der Waals surface area contributed by atoms with E-state index in [-0.39, 0.29) is 17.7 Å². The first-order valence-corrected chi connectivity index (χ1v) is 7.43. The Bertz CT molecular complexity index is 284. The van der Waals surface area contributed by atoms with Crippen LogP contribution in [0.3, 0.4) is 0 Å². The number of nitrogens with one attached hydrogen (secondary N) is 2. The molecule has 2 atom stereocenters. The SMILES string of the molecule is CNCCCCC(N)C(=O)NCCCCC(N)C(C)=O. The largest absolute Gasteiger partial charge is 0.355 e. The molecule has 1 amide bonds. The smallest absolute Gasteiger partial charge is 0.236 e. The van der Waals surface area contributed by atoms with Gasteiger partial charge in [-0.1, -0.05) is 6.42 Å². The van der Waals surface area contributed by atoms with Gasteiger partial charge in [-0.25, -0.2) is 0 Å². The van der Waals surface area contributed by atoms with Crippen LogP contribution in [-0.4, -0.2) is 43.9 Å². The van der Waals surface area contributed by atoms with Gasteiger partial charge in [0.2, 0.25) is 5.91 Å². The minimum Gasteiger partial charge on any atom is -0.355 e. The van der Waals surface area contributed by atoms with Crippen molar-refractivity contribution < 1.29 is 9.59 Å². The Morgan fingerprint density at radius 3 is 2.05 bits per heavy atom. The summed E-state index contributed by atoms with van der Waals surface area (Å²) in [6.45, 7) is 3.04. The first-order valence-electron chi connectivity index (χ1n) is 7.43. The number of ketones is 1. The normalized spacial score (nSPS) is 13.8. The molecule has 6 N–H and O–H groups in total. The predicted molar refractivity (Wildman–Crippen MR) is 81.3 cm³/mol. The van der Waals surface area contributed by atoms with Crippen molar-refractivity contribution >= 4 is 11.7 Å².